The molecule has 0 atom stereocenters. The summed E-state index contributed by atoms with van der Waals surface area (Å²) >= 11 is 0. The Morgan fingerprint density at radius 3 is 2.23 bits per heavy atom. The minimum atomic E-state index is -3.56. The van der Waals surface area contributed by atoms with Crippen molar-refractivity contribution in [3.05, 3.63) is 59.7 Å². The second kappa shape index (κ2) is 9.40. The predicted octanol–water partition coefficient (Wildman–Crippen LogP) is 2.89. The van der Waals surface area contributed by atoms with Crippen molar-refractivity contribution >= 4 is 27.6 Å². The number of esters is 1. The molecule has 7 nitrogen and oxygen atoms in total. The number of hydrogen-bond acceptors (Lipinski definition) is 5. The average Bonchev–Trinajstić information content (AvgIpc) is 2.72. The summed E-state index contributed by atoms with van der Waals surface area (Å²) in [5, 5.41) is 2.72. The Kier molecular flexibility index (Phi) is 6.89. The third kappa shape index (κ3) is 5.46. The maximum atomic E-state index is 12.7. The smallest absolute Gasteiger partial charge is 0.309 e. The standard InChI is InChI=1S/C22H26N2O5S/c1-16-12-17(2)14-19(13-16)23-21(25)15-29-22(26)18-8-10-24(11-9-18)30(27,28)20-6-4-3-5-7-20/h3-7,12-14,18H,8-11,15H2,1-2H3,(H,23,25). The lowest BCUT2D eigenvalue weighted by Gasteiger charge is -2.30. The van der Waals surface area contributed by atoms with Gasteiger partial charge in [-0.05, 0) is 62.1 Å². The fourth-order valence-electron chi connectivity index (χ4n) is 3.57. The molecule has 1 aliphatic rings. The second-order valence-electron chi connectivity index (χ2n) is 7.52. The Hall–Kier alpha value is -2.71. The Labute approximate surface area is 177 Å². The van der Waals surface area contributed by atoms with Gasteiger partial charge < -0.3 is 10.1 Å². The topological polar surface area (TPSA) is 92.8 Å². The highest BCUT2D eigenvalue weighted by molar-refractivity contribution is 7.89. The molecule has 1 amide bonds. The third-order valence-electron chi connectivity index (χ3n) is 5.02. The largest absolute Gasteiger partial charge is 0.455 e. The summed E-state index contributed by atoms with van der Waals surface area (Å²) in [7, 11) is -3.56. The summed E-state index contributed by atoms with van der Waals surface area (Å²) in [6, 6.07) is 13.9. The van der Waals surface area contributed by atoms with E-state index in [9.17, 15) is 18.0 Å². The Morgan fingerprint density at radius 1 is 1.03 bits per heavy atom. The fraction of sp³-hybridized carbons (Fsp3) is 0.364. The highest BCUT2D eigenvalue weighted by Gasteiger charge is 2.32. The van der Waals surface area contributed by atoms with E-state index in [-0.39, 0.29) is 24.6 Å². The molecule has 1 fully saturated rings. The number of aryl methyl sites for hydroxylation is 2. The molecule has 2 aromatic rings. The zero-order valence-corrected chi connectivity index (χ0v) is 17.9. The average molecular weight is 431 g/mol. The van der Waals surface area contributed by atoms with Crippen molar-refractivity contribution in [2.45, 2.75) is 31.6 Å². The van der Waals surface area contributed by atoms with Crippen molar-refractivity contribution in [3.8, 4) is 0 Å². The number of ether oxygens (including phenoxy) is 1. The number of rotatable bonds is 6. The quantitative estimate of drug-likeness (QED) is 0.712. The lowest BCUT2D eigenvalue weighted by molar-refractivity contribution is -0.152. The summed E-state index contributed by atoms with van der Waals surface area (Å²) in [6.07, 6.45) is 0.729. The van der Waals surface area contributed by atoms with Crippen LogP contribution < -0.4 is 5.32 Å². The van der Waals surface area contributed by atoms with E-state index in [1.807, 2.05) is 32.0 Å². The number of sulfonamides is 1. The first kappa shape index (κ1) is 22.0. The summed E-state index contributed by atoms with van der Waals surface area (Å²) in [5.74, 6) is -1.29. The molecule has 1 aliphatic heterocycles. The first-order chi connectivity index (χ1) is 14.3. The van der Waals surface area contributed by atoms with Crippen molar-refractivity contribution in [2.24, 2.45) is 5.92 Å². The van der Waals surface area contributed by atoms with Gasteiger partial charge >= 0.3 is 5.97 Å². The molecule has 8 heteroatoms. The molecule has 0 aromatic heterocycles. The lowest BCUT2D eigenvalue weighted by atomic mass is 9.98. The number of nitrogens with zero attached hydrogens (tertiary/aromatic N) is 1. The van der Waals surface area contributed by atoms with Gasteiger partial charge in [-0.3, -0.25) is 9.59 Å². The van der Waals surface area contributed by atoms with Gasteiger partial charge in [0.25, 0.3) is 5.91 Å². The number of carbonyl (C=O) groups excluding carboxylic acids is 2. The van der Waals surface area contributed by atoms with Crippen LogP contribution in [0.5, 0.6) is 0 Å². The van der Waals surface area contributed by atoms with Crippen LogP contribution in [0.15, 0.2) is 53.4 Å². The fourth-order valence-corrected chi connectivity index (χ4v) is 5.06. The zero-order valence-electron chi connectivity index (χ0n) is 17.1. The molecule has 3 rings (SSSR count). The minimum Gasteiger partial charge on any atom is -0.455 e. The van der Waals surface area contributed by atoms with E-state index >= 15 is 0 Å². The highest BCUT2D eigenvalue weighted by Crippen LogP contribution is 2.24. The molecule has 1 N–H and O–H groups in total. The van der Waals surface area contributed by atoms with Gasteiger partial charge in [-0.15, -0.1) is 0 Å². The number of benzene rings is 2. The first-order valence-electron chi connectivity index (χ1n) is 9.85. The molecule has 160 valence electrons. The monoisotopic (exact) mass is 430 g/mol. The number of anilines is 1. The number of amides is 1. The minimum absolute atomic E-state index is 0.242. The van der Waals surface area contributed by atoms with Crippen LogP contribution in [0, 0.1) is 19.8 Å². The zero-order chi connectivity index (χ0) is 21.7. The van der Waals surface area contributed by atoms with Gasteiger partial charge in [0.1, 0.15) is 0 Å². The normalized spacial score (nSPS) is 15.5. The third-order valence-corrected chi connectivity index (χ3v) is 6.93. The van der Waals surface area contributed by atoms with Gasteiger partial charge in [0.15, 0.2) is 6.61 Å². The maximum Gasteiger partial charge on any atom is 0.309 e. The SMILES string of the molecule is Cc1cc(C)cc(NC(=O)COC(=O)C2CCN(S(=O)(=O)c3ccccc3)CC2)c1. The Bertz CT molecular complexity index is 993. The molecule has 0 spiro atoms. The van der Waals surface area contributed by atoms with Crippen molar-refractivity contribution < 1.29 is 22.7 Å². The van der Waals surface area contributed by atoms with Gasteiger partial charge in [-0.1, -0.05) is 24.3 Å². The molecule has 0 aliphatic carbocycles. The van der Waals surface area contributed by atoms with Crippen LogP contribution in [0.1, 0.15) is 24.0 Å². The molecular formula is C22H26N2O5S. The van der Waals surface area contributed by atoms with Crippen molar-refractivity contribution in [1.82, 2.24) is 4.31 Å². The number of piperidine rings is 1. The van der Waals surface area contributed by atoms with Crippen LogP contribution in [0.2, 0.25) is 0 Å². The van der Waals surface area contributed by atoms with Crippen LogP contribution in [-0.4, -0.2) is 44.3 Å². The summed E-state index contributed by atoms with van der Waals surface area (Å²) in [6.45, 7) is 3.99. The molecule has 1 heterocycles. The van der Waals surface area contributed by atoms with Gasteiger partial charge in [0, 0.05) is 18.8 Å². The molecule has 0 saturated carbocycles. The second-order valence-corrected chi connectivity index (χ2v) is 9.46. The van der Waals surface area contributed by atoms with Crippen molar-refractivity contribution in [3.63, 3.8) is 0 Å². The van der Waals surface area contributed by atoms with E-state index in [0.717, 1.165) is 11.1 Å². The molecule has 30 heavy (non-hydrogen) atoms. The lowest BCUT2D eigenvalue weighted by Crippen LogP contribution is -2.40. The molecule has 2 aromatic carbocycles. The van der Waals surface area contributed by atoms with Gasteiger partial charge in [0.05, 0.1) is 10.8 Å². The molecule has 1 saturated heterocycles. The van der Waals surface area contributed by atoms with E-state index in [4.69, 9.17) is 4.74 Å². The number of nitrogens with one attached hydrogen (secondary N) is 1. The summed E-state index contributed by atoms with van der Waals surface area (Å²) < 4.78 is 31.9. The molecule has 0 unspecified atom stereocenters. The van der Waals surface area contributed by atoms with Crippen LogP contribution in [0.25, 0.3) is 0 Å². The summed E-state index contributed by atoms with van der Waals surface area (Å²) in [5.41, 5.74) is 2.71. The van der Waals surface area contributed by atoms with Crippen molar-refractivity contribution in [1.29, 1.82) is 0 Å². The Morgan fingerprint density at radius 2 is 1.63 bits per heavy atom. The van der Waals surface area contributed by atoms with Crippen LogP contribution >= 0.6 is 0 Å². The van der Waals surface area contributed by atoms with Crippen LogP contribution in [0.4, 0.5) is 5.69 Å². The molecule has 0 radical (unpaired) electrons. The van der Waals surface area contributed by atoms with Gasteiger partial charge in [-0.2, -0.15) is 4.31 Å². The Balaban J connectivity index is 1.48. The molecule has 0 bridgehead atoms. The van der Waals surface area contributed by atoms with E-state index in [1.165, 1.54) is 4.31 Å². The van der Waals surface area contributed by atoms with E-state index < -0.39 is 27.8 Å². The van der Waals surface area contributed by atoms with Gasteiger partial charge in [-0.25, -0.2) is 8.42 Å². The molecular weight excluding hydrogens is 404 g/mol. The van der Waals surface area contributed by atoms with Gasteiger partial charge in [0.2, 0.25) is 10.0 Å². The predicted molar refractivity (Wildman–Crippen MR) is 113 cm³/mol. The van der Waals surface area contributed by atoms with Crippen molar-refractivity contribution in [2.75, 3.05) is 25.0 Å². The number of hydrogen-bond donors (Lipinski definition) is 1. The van der Waals surface area contributed by atoms with E-state index in [2.05, 4.69) is 5.32 Å². The van der Waals surface area contributed by atoms with E-state index in [1.54, 1.807) is 30.3 Å². The summed E-state index contributed by atoms with van der Waals surface area (Å²) in [4.78, 5) is 24.7. The highest BCUT2D eigenvalue weighted by atomic mass is 32.2. The maximum absolute atomic E-state index is 12.7. The number of carbonyl (C=O) groups is 2. The van der Waals surface area contributed by atoms with Crippen LogP contribution in [-0.2, 0) is 24.3 Å². The van der Waals surface area contributed by atoms with Crippen LogP contribution in [0.3, 0.4) is 0 Å². The first-order valence-corrected chi connectivity index (χ1v) is 11.3. The van der Waals surface area contributed by atoms with E-state index in [0.29, 0.717) is 18.5 Å².